The van der Waals surface area contributed by atoms with Gasteiger partial charge in [0.2, 0.25) is 5.89 Å². The lowest BCUT2D eigenvalue weighted by atomic mass is 10.5. The maximum absolute atomic E-state index is 11.1. The van der Waals surface area contributed by atoms with Crippen LogP contribution in [0.25, 0.3) is 0 Å². The SMILES string of the molecule is Cc1noc(CN2C(=O)C=CC2=O)n1. The highest BCUT2D eigenvalue weighted by Gasteiger charge is 2.25. The summed E-state index contributed by atoms with van der Waals surface area (Å²) in [5, 5.41) is 3.55. The number of hydrogen-bond acceptors (Lipinski definition) is 5. The zero-order chi connectivity index (χ0) is 10.1. The summed E-state index contributed by atoms with van der Waals surface area (Å²) in [6.45, 7) is 1.70. The van der Waals surface area contributed by atoms with E-state index in [0.29, 0.717) is 5.82 Å². The summed E-state index contributed by atoms with van der Waals surface area (Å²) in [6, 6.07) is 0. The quantitative estimate of drug-likeness (QED) is 0.608. The highest BCUT2D eigenvalue weighted by molar-refractivity contribution is 6.12. The van der Waals surface area contributed by atoms with Gasteiger partial charge in [0.15, 0.2) is 5.82 Å². The molecule has 0 aromatic carbocycles. The normalized spacial score (nSPS) is 15.6. The first-order valence-corrected chi connectivity index (χ1v) is 3.99. The predicted octanol–water partition coefficient (Wildman–Crippen LogP) is -0.197. The van der Waals surface area contributed by atoms with Gasteiger partial charge in [0.1, 0.15) is 6.54 Å². The number of amides is 2. The summed E-state index contributed by atoms with van der Waals surface area (Å²) in [5.74, 6) is 0.0247. The first-order chi connectivity index (χ1) is 6.66. The van der Waals surface area contributed by atoms with Gasteiger partial charge in [-0.15, -0.1) is 0 Å². The van der Waals surface area contributed by atoms with Crippen LogP contribution in [0.15, 0.2) is 16.7 Å². The summed E-state index contributed by atoms with van der Waals surface area (Å²) in [7, 11) is 0. The average Bonchev–Trinajstić information content (AvgIpc) is 2.67. The molecule has 72 valence electrons. The molecule has 6 nitrogen and oxygen atoms in total. The van der Waals surface area contributed by atoms with E-state index in [9.17, 15) is 9.59 Å². The second-order valence-electron chi connectivity index (χ2n) is 2.83. The Bertz CT molecular complexity index is 403. The molecule has 0 bridgehead atoms. The molecule has 1 aromatic heterocycles. The van der Waals surface area contributed by atoms with Gasteiger partial charge in [-0.05, 0) is 6.92 Å². The number of rotatable bonds is 2. The molecule has 1 aliphatic rings. The Morgan fingerprint density at radius 2 is 2.00 bits per heavy atom. The van der Waals surface area contributed by atoms with Gasteiger partial charge in [-0.1, -0.05) is 5.16 Å². The molecular weight excluding hydrogens is 186 g/mol. The van der Waals surface area contributed by atoms with Gasteiger partial charge in [-0.2, -0.15) is 4.98 Å². The molecular formula is C8H7N3O3. The van der Waals surface area contributed by atoms with Gasteiger partial charge in [0.05, 0.1) is 0 Å². The third-order valence-corrected chi connectivity index (χ3v) is 1.76. The summed E-state index contributed by atoms with van der Waals surface area (Å²) in [6.07, 6.45) is 2.43. The molecule has 0 N–H and O–H groups in total. The van der Waals surface area contributed by atoms with Gasteiger partial charge in [0.25, 0.3) is 11.8 Å². The lowest BCUT2D eigenvalue weighted by molar-refractivity contribution is -0.137. The second-order valence-corrected chi connectivity index (χ2v) is 2.83. The number of carbonyl (C=O) groups excluding carboxylic acids is 2. The Balaban J connectivity index is 2.12. The maximum atomic E-state index is 11.1. The Hall–Kier alpha value is -1.98. The molecule has 0 atom stereocenters. The first-order valence-electron chi connectivity index (χ1n) is 3.99. The minimum atomic E-state index is -0.356. The first kappa shape index (κ1) is 8.61. The van der Waals surface area contributed by atoms with E-state index in [2.05, 4.69) is 10.1 Å². The Morgan fingerprint density at radius 3 is 2.50 bits per heavy atom. The van der Waals surface area contributed by atoms with Crippen LogP contribution in [-0.2, 0) is 16.1 Å². The van der Waals surface area contributed by atoms with Crippen LogP contribution in [0.1, 0.15) is 11.7 Å². The molecule has 2 rings (SSSR count). The maximum Gasteiger partial charge on any atom is 0.254 e. The van der Waals surface area contributed by atoms with E-state index < -0.39 is 0 Å². The van der Waals surface area contributed by atoms with Crippen LogP contribution in [0.5, 0.6) is 0 Å². The summed E-state index contributed by atoms with van der Waals surface area (Å²) in [4.78, 5) is 27.2. The predicted molar refractivity (Wildman–Crippen MR) is 43.7 cm³/mol. The fourth-order valence-electron chi connectivity index (χ4n) is 1.13. The molecule has 14 heavy (non-hydrogen) atoms. The average molecular weight is 193 g/mol. The molecule has 0 spiro atoms. The summed E-state index contributed by atoms with van der Waals surface area (Å²) < 4.78 is 4.79. The van der Waals surface area contributed by atoms with Crippen LogP contribution < -0.4 is 0 Å². The second kappa shape index (κ2) is 3.06. The van der Waals surface area contributed by atoms with Crippen LogP contribution in [0.3, 0.4) is 0 Å². The minimum Gasteiger partial charge on any atom is -0.337 e. The topological polar surface area (TPSA) is 76.3 Å². The van der Waals surface area contributed by atoms with Crippen LogP contribution in [0.4, 0.5) is 0 Å². The van der Waals surface area contributed by atoms with Crippen molar-refractivity contribution in [1.82, 2.24) is 15.0 Å². The van der Waals surface area contributed by atoms with Gasteiger partial charge in [-0.25, -0.2) is 0 Å². The van der Waals surface area contributed by atoms with E-state index in [1.807, 2.05) is 0 Å². The van der Waals surface area contributed by atoms with Crippen molar-refractivity contribution in [2.75, 3.05) is 0 Å². The van der Waals surface area contributed by atoms with Crippen molar-refractivity contribution in [2.45, 2.75) is 13.5 Å². The highest BCUT2D eigenvalue weighted by Crippen LogP contribution is 2.08. The zero-order valence-electron chi connectivity index (χ0n) is 7.43. The molecule has 0 radical (unpaired) electrons. The van der Waals surface area contributed by atoms with Crippen LogP contribution in [0, 0.1) is 6.92 Å². The summed E-state index contributed by atoms with van der Waals surface area (Å²) >= 11 is 0. The third-order valence-electron chi connectivity index (χ3n) is 1.76. The molecule has 2 heterocycles. The number of carbonyl (C=O) groups is 2. The number of aromatic nitrogens is 2. The van der Waals surface area contributed by atoms with Crippen molar-refractivity contribution < 1.29 is 14.1 Å². The lowest BCUT2D eigenvalue weighted by Crippen LogP contribution is -2.29. The van der Waals surface area contributed by atoms with Crippen molar-refractivity contribution in [1.29, 1.82) is 0 Å². The molecule has 0 saturated heterocycles. The van der Waals surface area contributed by atoms with E-state index in [4.69, 9.17) is 4.52 Å². The molecule has 0 fully saturated rings. The van der Waals surface area contributed by atoms with Crippen molar-refractivity contribution in [3.63, 3.8) is 0 Å². The van der Waals surface area contributed by atoms with Crippen LogP contribution >= 0.6 is 0 Å². The molecule has 0 aliphatic carbocycles. The number of aryl methyl sites for hydroxylation is 1. The van der Waals surface area contributed by atoms with Gasteiger partial charge < -0.3 is 4.52 Å². The molecule has 0 unspecified atom stereocenters. The Labute approximate surface area is 79.2 Å². The molecule has 6 heteroatoms. The van der Waals surface area contributed by atoms with E-state index >= 15 is 0 Å². The zero-order valence-corrected chi connectivity index (χ0v) is 7.43. The van der Waals surface area contributed by atoms with E-state index in [1.54, 1.807) is 6.92 Å². The standard InChI is InChI=1S/C8H7N3O3/c1-5-9-6(14-10-5)4-11-7(12)2-3-8(11)13/h2-3H,4H2,1H3. The van der Waals surface area contributed by atoms with Gasteiger partial charge >= 0.3 is 0 Å². The third kappa shape index (κ3) is 1.41. The molecule has 0 saturated carbocycles. The minimum absolute atomic E-state index is 0.0332. The number of nitrogens with zero attached hydrogens (tertiary/aromatic N) is 3. The van der Waals surface area contributed by atoms with E-state index in [0.717, 1.165) is 4.90 Å². The van der Waals surface area contributed by atoms with Crippen LogP contribution in [-0.4, -0.2) is 26.9 Å². The van der Waals surface area contributed by atoms with Crippen molar-refractivity contribution >= 4 is 11.8 Å². The van der Waals surface area contributed by atoms with Gasteiger partial charge in [-0.3, -0.25) is 14.5 Å². The highest BCUT2D eigenvalue weighted by atomic mass is 16.5. The Morgan fingerprint density at radius 1 is 1.36 bits per heavy atom. The monoisotopic (exact) mass is 193 g/mol. The van der Waals surface area contributed by atoms with Crippen molar-refractivity contribution in [2.24, 2.45) is 0 Å². The lowest BCUT2D eigenvalue weighted by Gasteiger charge is -2.09. The van der Waals surface area contributed by atoms with Crippen molar-refractivity contribution in [3.05, 3.63) is 23.9 Å². The molecule has 2 amide bonds. The van der Waals surface area contributed by atoms with Crippen LogP contribution in [0.2, 0.25) is 0 Å². The molecule has 1 aromatic rings. The number of hydrogen-bond donors (Lipinski definition) is 0. The van der Waals surface area contributed by atoms with Crippen molar-refractivity contribution in [3.8, 4) is 0 Å². The smallest absolute Gasteiger partial charge is 0.254 e. The largest absolute Gasteiger partial charge is 0.337 e. The van der Waals surface area contributed by atoms with E-state index in [1.165, 1.54) is 12.2 Å². The fraction of sp³-hybridized carbons (Fsp3) is 0.250. The Kier molecular flexibility index (Phi) is 1.88. The fourth-order valence-corrected chi connectivity index (χ4v) is 1.13. The number of imide groups is 1. The van der Waals surface area contributed by atoms with Gasteiger partial charge in [0, 0.05) is 12.2 Å². The van der Waals surface area contributed by atoms with E-state index in [-0.39, 0.29) is 24.2 Å². The molecule has 1 aliphatic heterocycles. The summed E-state index contributed by atoms with van der Waals surface area (Å²) in [5.41, 5.74) is 0.